The van der Waals surface area contributed by atoms with E-state index in [4.69, 9.17) is 11.5 Å². The van der Waals surface area contributed by atoms with E-state index < -0.39 is 0 Å². The molecule has 4 nitrogen and oxygen atoms in total. The van der Waals surface area contributed by atoms with E-state index in [-0.39, 0.29) is 28.1 Å². The maximum Gasteiger partial charge on any atom is 2.00 e. The van der Waals surface area contributed by atoms with Crippen molar-refractivity contribution in [3.63, 3.8) is 0 Å². The van der Waals surface area contributed by atoms with Crippen molar-refractivity contribution in [3.05, 3.63) is 0 Å². The fraction of sp³-hybridized carbons (Fsp3) is 0.500. The van der Waals surface area contributed by atoms with Crippen LogP contribution in [0.4, 0.5) is 0 Å². The van der Waals surface area contributed by atoms with Crippen molar-refractivity contribution in [3.8, 4) is 0 Å². The van der Waals surface area contributed by atoms with Crippen molar-refractivity contribution in [1.29, 1.82) is 0 Å². The quantitative estimate of drug-likeness (QED) is 0.262. The molecule has 0 fully saturated rings. The summed E-state index contributed by atoms with van der Waals surface area (Å²) in [7, 11) is 0. The number of hydrogen-bond donors (Lipinski definition) is 4. The second kappa shape index (κ2) is 23.0. The number of nitrogens with two attached hydrogens (primary N) is 4. The van der Waals surface area contributed by atoms with Crippen LogP contribution >= 0.6 is 24.4 Å². The van der Waals surface area contributed by atoms with Gasteiger partial charge in [-0.05, 0) is 0 Å². The second-order valence-electron chi connectivity index (χ2n) is 1.22. The zero-order valence-electron chi connectivity index (χ0n) is 7.06. The first-order valence-corrected chi connectivity index (χ1v) is 4.34. The number of thiocarbonyl (C=S) groups is 2. The van der Waals surface area contributed by atoms with Crippen molar-refractivity contribution in [2.45, 2.75) is 0 Å². The van der Waals surface area contributed by atoms with E-state index in [1.807, 2.05) is 0 Å². The molecule has 0 atom stereocenters. The van der Waals surface area contributed by atoms with E-state index in [0.717, 1.165) is 0 Å². The first-order chi connectivity index (χ1) is 5.38. The monoisotopic (exact) mass is 308 g/mol. The molecule has 0 heterocycles. The van der Waals surface area contributed by atoms with Gasteiger partial charge in [-0.15, -0.1) is 0 Å². The molecule has 0 radical (unpaired) electrons. The number of hydrogen-bond acceptors (Lipinski definition) is 6. The Hall–Kier alpha value is 0.763. The van der Waals surface area contributed by atoms with Crippen LogP contribution in [0.25, 0.3) is 0 Å². The molecule has 0 aromatic heterocycles. The molecule has 0 aliphatic rings. The van der Waals surface area contributed by atoms with Crippen molar-refractivity contribution >= 4 is 58.3 Å². The van der Waals surface area contributed by atoms with Crippen molar-refractivity contribution in [2.24, 2.45) is 22.9 Å². The topological polar surface area (TPSA) is 104 Å². The molecule has 0 bridgehead atoms. The van der Waals surface area contributed by atoms with Gasteiger partial charge in [0.1, 0.15) is 0 Å². The molecule has 8 N–H and O–H groups in total. The first kappa shape index (κ1) is 23.5. The van der Waals surface area contributed by atoms with Crippen LogP contribution in [0.3, 0.4) is 0 Å². The summed E-state index contributed by atoms with van der Waals surface area (Å²) in [5, 5.41) is 0. The Labute approximate surface area is 113 Å². The van der Waals surface area contributed by atoms with Crippen LogP contribution in [0.2, 0.25) is 0 Å². The van der Waals surface area contributed by atoms with Crippen molar-refractivity contribution < 1.29 is 19.5 Å². The van der Waals surface area contributed by atoms with Crippen LogP contribution in [-0.2, 0) is 44.7 Å². The van der Waals surface area contributed by atoms with Gasteiger partial charge in [0.15, 0.2) is 0 Å². The predicted octanol–water partition coefficient (Wildman–Crippen LogP) is -1.54. The van der Waals surface area contributed by atoms with Gasteiger partial charge < -0.3 is 72.6 Å². The zero-order chi connectivity index (χ0) is 10.6. The minimum absolute atomic E-state index is 0. The fourth-order valence-corrected chi connectivity index (χ4v) is 0. The van der Waals surface area contributed by atoms with Crippen molar-refractivity contribution in [1.82, 2.24) is 0 Å². The van der Waals surface area contributed by atoms with Gasteiger partial charge in [0.05, 0.1) is 0 Å². The molecule has 0 unspecified atom stereocenters. The summed E-state index contributed by atoms with van der Waals surface area (Å²) in [6, 6.07) is 0. The largest absolute Gasteiger partial charge is 2.00 e. The molecule has 0 saturated carbocycles. The third kappa shape index (κ3) is 476. The normalized spacial score (nSPS) is 6.00. The average molecular weight is 310 g/mol. The van der Waals surface area contributed by atoms with Crippen LogP contribution < -0.4 is 22.9 Å². The Morgan fingerprint density at radius 3 is 1.00 bits per heavy atom. The molecule has 0 saturated heterocycles. The summed E-state index contributed by atoms with van der Waals surface area (Å²) in [6.07, 6.45) is 0. The molecule has 0 aromatic carbocycles. The Morgan fingerprint density at radius 1 is 0.923 bits per heavy atom. The van der Waals surface area contributed by atoms with E-state index in [1.54, 1.807) is 0 Å². The molecule has 0 spiro atoms. The second-order valence-corrected chi connectivity index (χ2v) is 3.49. The van der Waals surface area contributed by atoms with E-state index in [1.165, 1.54) is 0 Å². The average Bonchev–Trinajstić information content (AvgIpc) is 1.85. The van der Waals surface area contributed by atoms with Crippen LogP contribution in [0.15, 0.2) is 0 Å². The zero-order valence-corrected chi connectivity index (χ0v) is 13.3. The minimum atomic E-state index is 0. The molecule has 74 valence electrons. The Bertz CT molecular complexity index is 101. The smallest absolute Gasteiger partial charge is 0.415 e. The maximum atomic E-state index is 4.90. The van der Waals surface area contributed by atoms with Gasteiger partial charge in [0.2, 0.25) is 0 Å². The van der Waals surface area contributed by atoms with Crippen molar-refractivity contribution in [2.75, 3.05) is 13.1 Å². The van der Waals surface area contributed by atoms with Crippen LogP contribution in [0.1, 0.15) is 0 Å². The van der Waals surface area contributed by atoms with E-state index in [0.29, 0.717) is 13.1 Å². The van der Waals surface area contributed by atoms with Crippen LogP contribution in [0, 0.1) is 0 Å². The molecule has 0 aliphatic heterocycles. The molecular formula is C4H12N4S4Zn. The summed E-state index contributed by atoms with van der Waals surface area (Å²) >= 11 is 16.5. The Kier molecular flexibility index (Phi) is 41.6. The van der Waals surface area contributed by atoms with E-state index >= 15 is 0 Å². The summed E-state index contributed by atoms with van der Waals surface area (Å²) in [4.78, 5) is 0. The summed E-state index contributed by atoms with van der Waals surface area (Å²) < 4.78 is 0.167. The third-order valence-corrected chi connectivity index (χ3v) is 0.167. The van der Waals surface area contributed by atoms with E-state index in [9.17, 15) is 0 Å². The molecular weight excluding hydrogens is 298 g/mol. The summed E-state index contributed by atoms with van der Waals surface area (Å²) in [5.41, 5.74) is 19.1. The van der Waals surface area contributed by atoms with E-state index in [2.05, 4.69) is 61.2 Å². The molecule has 0 aliphatic carbocycles. The molecule has 0 amide bonds. The first-order valence-electron chi connectivity index (χ1n) is 2.71. The third-order valence-electron chi connectivity index (χ3n) is 0.167. The maximum absolute atomic E-state index is 4.90. The molecule has 13 heavy (non-hydrogen) atoms. The predicted molar refractivity (Wildman–Crippen MR) is 66.4 cm³/mol. The minimum Gasteiger partial charge on any atom is -0.415 e. The fourth-order valence-electron chi connectivity index (χ4n) is 0. The van der Waals surface area contributed by atoms with Gasteiger partial charge in [-0.1, -0.05) is 8.64 Å². The molecule has 0 rings (SSSR count). The van der Waals surface area contributed by atoms with Gasteiger partial charge in [-0.3, -0.25) is 0 Å². The van der Waals surface area contributed by atoms with Crippen LogP contribution in [-0.4, -0.2) is 21.7 Å². The molecule has 9 heteroatoms. The van der Waals surface area contributed by atoms with Gasteiger partial charge in [0.25, 0.3) is 0 Å². The summed E-state index contributed by atoms with van der Waals surface area (Å²) in [6.45, 7) is 1.19. The number of rotatable bonds is 1. The Morgan fingerprint density at radius 2 is 1.00 bits per heavy atom. The summed E-state index contributed by atoms with van der Waals surface area (Å²) in [5.74, 6) is 0. The SMILES string of the molecule is NC(=S)[S-].NC(=S)[S-].NCCN.[Zn+2]. The van der Waals surface area contributed by atoms with Gasteiger partial charge in [-0.2, -0.15) is 0 Å². The van der Waals surface area contributed by atoms with Gasteiger partial charge in [-0.25, -0.2) is 0 Å². The van der Waals surface area contributed by atoms with Crippen LogP contribution in [0.5, 0.6) is 0 Å². The van der Waals surface area contributed by atoms with Gasteiger partial charge in [0, 0.05) is 13.1 Å². The standard InChI is InChI=1S/C2H8N2.2CH3NS2.Zn/c3-1-2-4;2*2-1(3)4;/h1-4H2;2*(H3,2,3,4);/q;;;+2/p-2. The Balaban J connectivity index is -0.0000000450. The van der Waals surface area contributed by atoms with Gasteiger partial charge >= 0.3 is 19.5 Å². The molecule has 0 aromatic rings.